The van der Waals surface area contributed by atoms with Gasteiger partial charge in [-0.25, -0.2) is 4.79 Å². The highest BCUT2D eigenvalue weighted by molar-refractivity contribution is 5.91. The molecular weight excluding hydrogens is 268 g/mol. The normalized spacial score (nSPS) is 12.0. The predicted molar refractivity (Wildman–Crippen MR) is 83.4 cm³/mol. The van der Waals surface area contributed by atoms with Gasteiger partial charge in [0.2, 0.25) is 0 Å². The van der Waals surface area contributed by atoms with Crippen molar-refractivity contribution in [3.63, 3.8) is 0 Å². The zero-order chi connectivity index (χ0) is 15.8. The maximum Gasteiger partial charge on any atom is 0.321 e. The molecule has 0 radical (unpaired) electrons. The molecule has 116 valence electrons. The Hall–Kier alpha value is -2.04. The maximum absolute atomic E-state index is 12.1. The lowest BCUT2D eigenvalue weighted by Crippen LogP contribution is -2.40. The topological polar surface area (TPSA) is 69.6 Å². The Morgan fingerprint density at radius 1 is 1.24 bits per heavy atom. The van der Waals surface area contributed by atoms with Crippen LogP contribution in [0.3, 0.4) is 0 Å². The fourth-order valence-corrected chi connectivity index (χ4v) is 2.27. The largest absolute Gasteiger partial charge is 0.481 e. The van der Waals surface area contributed by atoms with Gasteiger partial charge in [0.05, 0.1) is 0 Å². The second-order valence-electron chi connectivity index (χ2n) is 5.67. The lowest BCUT2D eigenvalue weighted by molar-refractivity contribution is -0.138. The second-order valence-corrected chi connectivity index (χ2v) is 5.67. The van der Waals surface area contributed by atoms with E-state index < -0.39 is 5.97 Å². The summed E-state index contributed by atoms with van der Waals surface area (Å²) in [6, 6.07) is 9.10. The molecule has 0 aromatic heterocycles. The first-order valence-electron chi connectivity index (χ1n) is 7.18. The van der Waals surface area contributed by atoms with Gasteiger partial charge in [0.15, 0.2) is 0 Å². The Morgan fingerprint density at radius 3 is 2.38 bits per heavy atom. The fourth-order valence-electron chi connectivity index (χ4n) is 2.27. The number of para-hydroxylation sites is 1. The van der Waals surface area contributed by atoms with Gasteiger partial charge in [-0.15, -0.1) is 0 Å². The van der Waals surface area contributed by atoms with Crippen LogP contribution in [0.1, 0.15) is 26.7 Å². The fraction of sp³-hybridized carbons (Fsp3) is 0.500. The molecule has 5 heteroatoms. The van der Waals surface area contributed by atoms with Crippen LogP contribution in [0.4, 0.5) is 10.5 Å². The molecular formula is C16H24N2O3. The third-order valence-corrected chi connectivity index (χ3v) is 3.26. The minimum absolute atomic E-state index is 0.0457. The number of hydrogen-bond acceptors (Lipinski definition) is 2. The van der Waals surface area contributed by atoms with Gasteiger partial charge < -0.3 is 10.4 Å². The molecule has 0 aliphatic heterocycles. The molecule has 21 heavy (non-hydrogen) atoms. The number of urea groups is 1. The molecule has 2 amide bonds. The number of benzene rings is 1. The number of carboxylic acids is 1. The summed E-state index contributed by atoms with van der Waals surface area (Å²) >= 11 is 0. The van der Waals surface area contributed by atoms with Gasteiger partial charge in [0.1, 0.15) is 0 Å². The number of aliphatic carboxylic acids is 1. The zero-order valence-corrected chi connectivity index (χ0v) is 12.9. The molecule has 2 N–H and O–H groups in total. The summed E-state index contributed by atoms with van der Waals surface area (Å²) in [6.45, 7) is 4.47. The first kappa shape index (κ1) is 17.0. The Kier molecular flexibility index (Phi) is 6.72. The number of carbonyl (C=O) groups excluding carboxylic acids is 1. The molecule has 1 aromatic rings. The van der Waals surface area contributed by atoms with E-state index in [1.165, 1.54) is 4.90 Å². The molecule has 1 unspecified atom stereocenters. The highest BCUT2D eigenvalue weighted by Gasteiger charge is 2.17. The quantitative estimate of drug-likeness (QED) is 0.811. The average molecular weight is 292 g/mol. The van der Waals surface area contributed by atoms with Crippen molar-refractivity contribution in [2.45, 2.75) is 26.7 Å². The number of anilines is 1. The summed E-state index contributed by atoms with van der Waals surface area (Å²) in [5, 5.41) is 11.7. The highest BCUT2D eigenvalue weighted by atomic mass is 16.4. The Balaban J connectivity index is 2.54. The Bertz CT molecular complexity index is 460. The van der Waals surface area contributed by atoms with E-state index in [2.05, 4.69) is 5.32 Å². The number of amides is 2. The van der Waals surface area contributed by atoms with Crippen LogP contribution < -0.4 is 10.2 Å². The molecule has 0 heterocycles. The van der Waals surface area contributed by atoms with E-state index in [1.807, 2.05) is 44.2 Å². The van der Waals surface area contributed by atoms with Crippen LogP contribution in [0.5, 0.6) is 0 Å². The second kappa shape index (κ2) is 8.29. The minimum atomic E-state index is -0.827. The van der Waals surface area contributed by atoms with Crippen LogP contribution in [0.2, 0.25) is 0 Å². The first-order chi connectivity index (χ1) is 9.90. The molecule has 1 atom stereocenters. The molecule has 0 saturated heterocycles. The van der Waals surface area contributed by atoms with Crippen molar-refractivity contribution >= 4 is 17.7 Å². The Labute approximate surface area is 126 Å². The number of nitrogens with one attached hydrogen (secondary N) is 1. The van der Waals surface area contributed by atoms with Gasteiger partial charge in [-0.2, -0.15) is 0 Å². The standard InChI is InChI=1S/C16H24N2O3/c1-12(2)9-13(10-15(19)20)11-17-16(21)18(3)14-7-5-4-6-8-14/h4-8,12-13H,9-11H2,1-3H3,(H,17,21)(H,19,20). The van der Waals surface area contributed by atoms with Crippen LogP contribution in [0.15, 0.2) is 30.3 Å². The highest BCUT2D eigenvalue weighted by Crippen LogP contribution is 2.15. The smallest absolute Gasteiger partial charge is 0.321 e. The molecule has 0 bridgehead atoms. The van der Waals surface area contributed by atoms with E-state index in [9.17, 15) is 9.59 Å². The monoisotopic (exact) mass is 292 g/mol. The van der Waals surface area contributed by atoms with Crippen molar-refractivity contribution in [2.24, 2.45) is 11.8 Å². The van der Waals surface area contributed by atoms with Crippen LogP contribution in [0.25, 0.3) is 0 Å². The third-order valence-electron chi connectivity index (χ3n) is 3.26. The molecule has 0 fully saturated rings. The summed E-state index contributed by atoms with van der Waals surface area (Å²) in [4.78, 5) is 24.5. The predicted octanol–water partition coefficient (Wildman–Crippen LogP) is 2.97. The zero-order valence-electron chi connectivity index (χ0n) is 12.9. The van der Waals surface area contributed by atoms with Crippen LogP contribution in [-0.2, 0) is 4.79 Å². The number of carbonyl (C=O) groups is 2. The van der Waals surface area contributed by atoms with Gasteiger partial charge in [0, 0.05) is 25.7 Å². The molecule has 5 nitrogen and oxygen atoms in total. The van der Waals surface area contributed by atoms with Crippen molar-refractivity contribution in [3.05, 3.63) is 30.3 Å². The SMILES string of the molecule is CC(C)CC(CNC(=O)N(C)c1ccccc1)CC(=O)O. The number of carboxylic acid groups (broad SMARTS) is 1. The van der Waals surface area contributed by atoms with Gasteiger partial charge in [-0.3, -0.25) is 9.69 Å². The number of nitrogens with zero attached hydrogens (tertiary/aromatic N) is 1. The lowest BCUT2D eigenvalue weighted by Gasteiger charge is -2.21. The summed E-state index contributed by atoms with van der Waals surface area (Å²) in [5.41, 5.74) is 0.800. The molecule has 1 aromatic carbocycles. The van der Waals surface area contributed by atoms with Crippen molar-refractivity contribution in [3.8, 4) is 0 Å². The van der Waals surface area contributed by atoms with Crippen LogP contribution in [0, 0.1) is 11.8 Å². The average Bonchev–Trinajstić information content (AvgIpc) is 2.43. The third kappa shape index (κ3) is 6.29. The first-order valence-corrected chi connectivity index (χ1v) is 7.18. The maximum atomic E-state index is 12.1. The minimum Gasteiger partial charge on any atom is -0.481 e. The van der Waals surface area contributed by atoms with Gasteiger partial charge >= 0.3 is 12.0 Å². The van der Waals surface area contributed by atoms with Crippen molar-refractivity contribution in [1.82, 2.24) is 5.32 Å². The van der Waals surface area contributed by atoms with E-state index >= 15 is 0 Å². The van der Waals surface area contributed by atoms with Crippen molar-refractivity contribution < 1.29 is 14.7 Å². The van der Waals surface area contributed by atoms with Crippen LogP contribution >= 0.6 is 0 Å². The van der Waals surface area contributed by atoms with Gasteiger partial charge in [0.25, 0.3) is 0 Å². The van der Waals surface area contributed by atoms with E-state index in [1.54, 1.807) is 7.05 Å². The number of rotatable bonds is 7. The van der Waals surface area contributed by atoms with Crippen molar-refractivity contribution in [1.29, 1.82) is 0 Å². The van der Waals surface area contributed by atoms with Gasteiger partial charge in [-0.1, -0.05) is 32.0 Å². The molecule has 0 aliphatic carbocycles. The molecule has 0 spiro atoms. The van der Waals surface area contributed by atoms with E-state index in [4.69, 9.17) is 5.11 Å². The number of hydrogen-bond donors (Lipinski definition) is 2. The summed E-state index contributed by atoms with van der Waals surface area (Å²) in [5.74, 6) is -0.472. The van der Waals surface area contributed by atoms with Gasteiger partial charge in [-0.05, 0) is 30.4 Å². The van der Waals surface area contributed by atoms with E-state index in [0.29, 0.717) is 12.5 Å². The van der Waals surface area contributed by atoms with Crippen molar-refractivity contribution in [2.75, 3.05) is 18.5 Å². The van der Waals surface area contributed by atoms with E-state index in [0.717, 1.165) is 12.1 Å². The molecule has 1 rings (SSSR count). The summed E-state index contributed by atoms with van der Waals surface area (Å²) in [6.07, 6.45) is 0.856. The molecule has 0 saturated carbocycles. The summed E-state index contributed by atoms with van der Waals surface area (Å²) in [7, 11) is 1.69. The summed E-state index contributed by atoms with van der Waals surface area (Å²) < 4.78 is 0. The van der Waals surface area contributed by atoms with E-state index in [-0.39, 0.29) is 18.4 Å². The van der Waals surface area contributed by atoms with Crippen LogP contribution in [-0.4, -0.2) is 30.7 Å². The lowest BCUT2D eigenvalue weighted by atomic mass is 9.94. The Morgan fingerprint density at radius 2 is 1.86 bits per heavy atom. The molecule has 0 aliphatic rings.